The molecule has 2 bridgehead atoms. The second kappa shape index (κ2) is 8.28. The first-order chi connectivity index (χ1) is 13.9. The van der Waals surface area contributed by atoms with Crippen LogP contribution in [0.4, 0.5) is 5.95 Å². The first-order valence-corrected chi connectivity index (χ1v) is 11.7. The fraction of sp³-hybridized carbons (Fsp3) is 0.450. The van der Waals surface area contributed by atoms with Gasteiger partial charge < -0.3 is 10.2 Å². The molecule has 2 aliphatic rings. The zero-order valence-corrected chi connectivity index (χ0v) is 17.4. The summed E-state index contributed by atoms with van der Waals surface area (Å²) in [7, 11) is -3.45. The van der Waals surface area contributed by atoms with Crippen molar-refractivity contribution in [3.05, 3.63) is 47.7 Å². The van der Waals surface area contributed by atoms with Crippen LogP contribution in [0.1, 0.15) is 19.3 Å². The number of fused-ring (bicyclic) bond motifs is 2. The molecule has 1 unspecified atom stereocenters. The third-order valence-electron chi connectivity index (χ3n) is 5.75. The average molecular weight is 435 g/mol. The van der Waals surface area contributed by atoms with Crippen LogP contribution >= 0.6 is 11.6 Å². The van der Waals surface area contributed by atoms with E-state index in [4.69, 9.17) is 11.6 Å². The maximum absolute atomic E-state index is 12.5. The number of anilines is 1. The Morgan fingerprint density at radius 1 is 1.10 bits per heavy atom. The van der Waals surface area contributed by atoms with Crippen LogP contribution in [0, 0.1) is 11.8 Å². The Bertz CT molecular complexity index is 955. The van der Waals surface area contributed by atoms with E-state index >= 15 is 0 Å². The number of hydrogen-bond acceptors (Lipinski definition) is 6. The number of nitrogens with zero attached hydrogens (tertiary/aromatic N) is 3. The quantitative estimate of drug-likeness (QED) is 0.750. The van der Waals surface area contributed by atoms with Gasteiger partial charge in [-0.05, 0) is 36.8 Å². The predicted molar refractivity (Wildman–Crippen MR) is 111 cm³/mol. The largest absolute Gasteiger partial charge is 0.353 e. The molecule has 0 radical (unpaired) electrons. The van der Waals surface area contributed by atoms with Gasteiger partial charge in [0, 0.05) is 25.6 Å². The molecule has 1 aromatic heterocycles. The van der Waals surface area contributed by atoms with Gasteiger partial charge in [0.05, 0.1) is 28.1 Å². The molecular weight excluding hydrogens is 412 g/mol. The number of sulfone groups is 1. The van der Waals surface area contributed by atoms with Crippen molar-refractivity contribution in [3.8, 4) is 0 Å². The summed E-state index contributed by atoms with van der Waals surface area (Å²) >= 11 is 5.87. The Morgan fingerprint density at radius 3 is 2.34 bits per heavy atom. The van der Waals surface area contributed by atoms with Crippen molar-refractivity contribution in [1.29, 1.82) is 0 Å². The van der Waals surface area contributed by atoms with Crippen LogP contribution in [0.3, 0.4) is 0 Å². The first-order valence-electron chi connectivity index (χ1n) is 9.72. The van der Waals surface area contributed by atoms with Crippen LogP contribution < -0.4 is 10.2 Å². The predicted octanol–water partition coefficient (Wildman–Crippen LogP) is 2.33. The van der Waals surface area contributed by atoms with Crippen molar-refractivity contribution in [1.82, 2.24) is 15.3 Å². The molecule has 2 fully saturated rings. The molecule has 154 valence electrons. The van der Waals surface area contributed by atoms with Crippen LogP contribution in [0.5, 0.6) is 0 Å². The molecule has 7 nitrogen and oxygen atoms in total. The van der Waals surface area contributed by atoms with E-state index in [1.165, 1.54) is 0 Å². The van der Waals surface area contributed by atoms with Gasteiger partial charge in [0.1, 0.15) is 0 Å². The SMILES string of the molecule is O=C(CCS(=O)(=O)c1ccccc1)NC1[C@@H]2CC[C@H]1CN(c1ncc(Cl)cn1)C2. The van der Waals surface area contributed by atoms with E-state index in [0.717, 1.165) is 25.9 Å². The number of hydrogen-bond donors (Lipinski definition) is 1. The summed E-state index contributed by atoms with van der Waals surface area (Å²) in [6.45, 7) is 1.54. The van der Waals surface area contributed by atoms with Gasteiger partial charge in [0.25, 0.3) is 0 Å². The van der Waals surface area contributed by atoms with Crippen LogP contribution in [0.15, 0.2) is 47.6 Å². The van der Waals surface area contributed by atoms with Gasteiger partial charge in [-0.25, -0.2) is 18.4 Å². The van der Waals surface area contributed by atoms with Crippen molar-refractivity contribution in [3.63, 3.8) is 0 Å². The number of aromatic nitrogens is 2. The second-order valence-corrected chi connectivity index (χ2v) is 10.2. The lowest BCUT2D eigenvalue weighted by atomic mass is 9.92. The summed E-state index contributed by atoms with van der Waals surface area (Å²) in [5, 5.41) is 3.60. The molecule has 1 amide bonds. The fourth-order valence-electron chi connectivity index (χ4n) is 4.32. The lowest BCUT2D eigenvalue weighted by Crippen LogP contribution is -2.53. The number of carbonyl (C=O) groups is 1. The van der Waals surface area contributed by atoms with E-state index in [2.05, 4.69) is 20.2 Å². The van der Waals surface area contributed by atoms with E-state index in [1.807, 2.05) is 0 Å². The van der Waals surface area contributed by atoms with Gasteiger partial charge in [-0.1, -0.05) is 29.8 Å². The standard InChI is InChI=1S/C20H23ClN4O3S/c21-16-10-22-20(23-11-16)25-12-14-6-7-15(13-25)19(14)24-18(26)8-9-29(27,28)17-4-2-1-3-5-17/h1-5,10-11,14-15,19H,6-9,12-13H2,(H,24,26)/t14-,15+,19?. The zero-order valence-electron chi connectivity index (χ0n) is 15.9. The number of amides is 1. The molecule has 1 aliphatic heterocycles. The van der Waals surface area contributed by atoms with E-state index in [9.17, 15) is 13.2 Å². The van der Waals surface area contributed by atoms with E-state index in [0.29, 0.717) is 22.8 Å². The highest BCUT2D eigenvalue weighted by Crippen LogP contribution is 2.38. The van der Waals surface area contributed by atoms with Crippen molar-refractivity contribution >= 4 is 33.3 Å². The highest BCUT2D eigenvalue weighted by Gasteiger charge is 2.43. The molecule has 9 heteroatoms. The third-order valence-corrected chi connectivity index (χ3v) is 7.68. The summed E-state index contributed by atoms with van der Waals surface area (Å²) in [5.74, 6) is 0.883. The van der Waals surface area contributed by atoms with Crippen LogP contribution in [0.25, 0.3) is 0 Å². The Labute approximate surface area is 175 Å². The summed E-state index contributed by atoms with van der Waals surface area (Å²) < 4.78 is 24.8. The van der Waals surface area contributed by atoms with Crippen molar-refractivity contribution in [2.24, 2.45) is 11.8 Å². The molecule has 1 aliphatic carbocycles. The third kappa shape index (κ3) is 4.53. The molecule has 0 spiro atoms. The van der Waals surface area contributed by atoms with Gasteiger partial charge in [0.15, 0.2) is 9.84 Å². The molecule has 29 heavy (non-hydrogen) atoms. The number of piperidine rings is 1. The summed E-state index contributed by atoms with van der Waals surface area (Å²) in [4.78, 5) is 23.5. The smallest absolute Gasteiger partial charge is 0.225 e. The molecule has 4 rings (SSSR count). The lowest BCUT2D eigenvalue weighted by Gasteiger charge is -2.38. The molecule has 1 saturated heterocycles. The van der Waals surface area contributed by atoms with Gasteiger partial charge in [0.2, 0.25) is 11.9 Å². The number of rotatable bonds is 6. The van der Waals surface area contributed by atoms with Gasteiger partial charge in [-0.15, -0.1) is 0 Å². The first kappa shape index (κ1) is 20.1. The van der Waals surface area contributed by atoms with Gasteiger partial charge in [-0.3, -0.25) is 4.79 Å². The zero-order chi connectivity index (χ0) is 20.4. The number of nitrogens with one attached hydrogen (secondary N) is 1. The molecule has 2 aromatic rings. The Hall–Kier alpha value is -2.19. The second-order valence-electron chi connectivity index (χ2n) is 7.68. The Morgan fingerprint density at radius 2 is 1.72 bits per heavy atom. The van der Waals surface area contributed by atoms with Crippen molar-refractivity contribution in [2.45, 2.75) is 30.2 Å². The molecule has 3 atom stereocenters. The lowest BCUT2D eigenvalue weighted by molar-refractivity contribution is -0.122. The summed E-state index contributed by atoms with van der Waals surface area (Å²) in [6, 6.07) is 8.32. The van der Waals surface area contributed by atoms with E-state index < -0.39 is 9.84 Å². The van der Waals surface area contributed by atoms with E-state index in [-0.39, 0.29) is 29.0 Å². The molecule has 1 aromatic carbocycles. The molecule has 1 N–H and O–H groups in total. The van der Waals surface area contributed by atoms with Crippen molar-refractivity contribution < 1.29 is 13.2 Å². The minimum atomic E-state index is -3.45. The van der Waals surface area contributed by atoms with Crippen LogP contribution in [0.2, 0.25) is 5.02 Å². The molecule has 1 saturated carbocycles. The highest BCUT2D eigenvalue weighted by atomic mass is 35.5. The topological polar surface area (TPSA) is 92.3 Å². The minimum absolute atomic E-state index is 0.0306. The Kier molecular flexibility index (Phi) is 5.74. The normalized spacial score (nSPS) is 23.8. The maximum Gasteiger partial charge on any atom is 0.225 e. The summed E-state index contributed by atoms with van der Waals surface area (Å²) in [6.07, 6.45) is 5.21. The van der Waals surface area contributed by atoms with Crippen LogP contribution in [-0.4, -0.2) is 49.2 Å². The average Bonchev–Trinajstić information content (AvgIpc) is 2.95. The highest BCUT2D eigenvalue weighted by molar-refractivity contribution is 7.91. The number of benzene rings is 1. The summed E-state index contributed by atoms with van der Waals surface area (Å²) in [5.41, 5.74) is 0. The van der Waals surface area contributed by atoms with Crippen molar-refractivity contribution in [2.75, 3.05) is 23.7 Å². The number of halogens is 1. The maximum atomic E-state index is 12.5. The molecule has 2 heterocycles. The van der Waals surface area contributed by atoms with Gasteiger partial charge in [-0.2, -0.15) is 0 Å². The number of carbonyl (C=O) groups excluding carboxylic acids is 1. The van der Waals surface area contributed by atoms with Crippen LogP contribution in [-0.2, 0) is 14.6 Å². The van der Waals surface area contributed by atoms with Gasteiger partial charge >= 0.3 is 0 Å². The Balaban J connectivity index is 1.33. The van der Waals surface area contributed by atoms with E-state index in [1.54, 1.807) is 42.7 Å². The minimum Gasteiger partial charge on any atom is -0.353 e. The monoisotopic (exact) mass is 434 g/mol. The fourth-order valence-corrected chi connectivity index (χ4v) is 5.68. The molecular formula is C20H23ClN4O3S.